The number of hydrogen-bond donors (Lipinski definition) is 2. The van der Waals surface area contributed by atoms with Crippen LogP contribution in [0.15, 0.2) is 37.2 Å². The van der Waals surface area contributed by atoms with Crippen LogP contribution < -0.4 is 5.32 Å². The molecule has 0 bridgehead atoms. The van der Waals surface area contributed by atoms with Gasteiger partial charge in [0.25, 0.3) is 5.91 Å². The predicted molar refractivity (Wildman–Crippen MR) is 99.1 cm³/mol. The van der Waals surface area contributed by atoms with Gasteiger partial charge in [-0.2, -0.15) is 0 Å². The summed E-state index contributed by atoms with van der Waals surface area (Å²) in [4.78, 5) is 30.9. The number of aromatic nitrogens is 2. The highest BCUT2D eigenvalue weighted by Gasteiger charge is 2.19. The van der Waals surface area contributed by atoms with E-state index in [4.69, 9.17) is 9.84 Å². The lowest BCUT2D eigenvalue weighted by molar-refractivity contribution is 0.0690. The lowest BCUT2D eigenvalue weighted by Gasteiger charge is -2.22. The van der Waals surface area contributed by atoms with Gasteiger partial charge in [-0.1, -0.05) is 25.2 Å². The zero-order valence-electron chi connectivity index (χ0n) is 15.4. The zero-order valence-corrected chi connectivity index (χ0v) is 15.4. The summed E-state index contributed by atoms with van der Waals surface area (Å²) in [6, 6.07) is 1.07. The summed E-state index contributed by atoms with van der Waals surface area (Å²) in [5, 5.41) is 11.9. The second kappa shape index (κ2) is 11.9. The molecule has 26 heavy (non-hydrogen) atoms. The van der Waals surface area contributed by atoms with Crippen molar-refractivity contribution in [1.82, 2.24) is 15.3 Å². The molecular formula is C19H27N3O4. The van der Waals surface area contributed by atoms with Crippen molar-refractivity contribution in [2.45, 2.75) is 38.6 Å². The number of hydrogen-bond acceptors (Lipinski definition) is 5. The molecule has 2 unspecified atom stereocenters. The first-order chi connectivity index (χ1) is 12.5. The molecule has 0 spiro atoms. The second-order valence-electron chi connectivity index (χ2n) is 5.95. The molecule has 0 aliphatic carbocycles. The van der Waals surface area contributed by atoms with Gasteiger partial charge >= 0.3 is 5.97 Å². The topological polar surface area (TPSA) is 101 Å². The maximum atomic E-state index is 12.4. The van der Waals surface area contributed by atoms with Crippen molar-refractivity contribution in [3.05, 3.63) is 48.6 Å². The highest BCUT2D eigenvalue weighted by atomic mass is 16.5. The summed E-state index contributed by atoms with van der Waals surface area (Å²) in [5.41, 5.74) is -0.169. The van der Waals surface area contributed by atoms with Gasteiger partial charge in [0.15, 0.2) is 5.69 Å². The molecule has 7 nitrogen and oxygen atoms in total. The summed E-state index contributed by atoms with van der Waals surface area (Å²) < 4.78 is 4.98. The minimum Gasteiger partial charge on any atom is -0.477 e. The van der Waals surface area contributed by atoms with Crippen LogP contribution in [-0.4, -0.2) is 46.7 Å². The molecule has 0 saturated carbocycles. The Morgan fingerprint density at radius 3 is 2.65 bits per heavy atom. The Balaban J connectivity index is 2.62. The molecule has 1 heterocycles. The van der Waals surface area contributed by atoms with Crippen molar-refractivity contribution in [3.8, 4) is 0 Å². The number of rotatable bonds is 12. The second-order valence-corrected chi connectivity index (χ2v) is 5.95. The van der Waals surface area contributed by atoms with E-state index < -0.39 is 11.9 Å². The van der Waals surface area contributed by atoms with E-state index in [0.29, 0.717) is 6.61 Å². The van der Waals surface area contributed by atoms with Gasteiger partial charge in [-0.15, -0.1) is 6.58 Å². The minimum atomic E-state index is -1.20. The summed E-state index contributed by atoms with van der Waals surface area (Å²) >= 11 is 0. The van der Waals surface area contributed by atoms with Crippen molar-refractivity contribution >= 4 is 11.9 Å². The van der Waals surface area contributed by atoms with E-state index in [1.54, 1.807) is 13.2 Å². The van der Waals surface area contributed by atoms with Gasteiger partial charge in [0.05, 0.1) is 0 Å². The molecule has 1 amide bonds. The number of nitrogens with one attached hydrogen (secondary N) is 1. The summed E-state index contributed by atoms with van der Waals surface area (Å²) in [6.45, 7) is 6.48. The van der Waals surface area contributed by atoms with Gasteiger partial charge in [0.2, 0.25) is 0 Å². The normalized spacial score (nSPS) is 13.3. The molecule has 1 rings (SSSR count). The van der Waals surface area contributed by atoms with Crippen molar-refractivity contribution in [1.29, 1.82) is 0 Å². The first-order valence-electron chi connectivity index (χ1n) is 8.62. The SMILES string of the molecule is C=CC(C)C(CCC/C=C/CCOC)NC(=O)c1cc(C(=O)O)ncn1. The molecule has 0 saturated heterocycles. The summed E-state index contributed by atoms with van der Waals surface area (Å²) in [7, 11) is 1.68. The number of unbranched alkanes of at least 4 members (excludes halogenated alkanes) is 1. The van der Waals surface area contributed by atoms with Crippen LogP contribution in [0.1, 0.15) is 53.6 Å². The number of nitrogens with zero attached hydrogens (tertiary/aromatic N) is 2. The van der Waals surface area contributed by atoms with Crippen LogP contribution in [0.2, 0.25) is 0 Å². The molecule has 1 aromatic rings. The van der Waals surface area contributed by atoms with Gasteiger partial charge in [0, 0.05) is 25.8 Å². The molecule has 0 aliphatic rings. The lowest BCUT2D eigenvalue weighted by Crippen LogP contribution is -2.39. The molecule has 7 heteroatoms. The number of carboxylic acids is 1. The Morgan fingerprint density at radius 2 is 2.00 bits per heavy atom. The maximum absolute atomic E-state index is 12.4. The largest absolute Gasteiger partial charge is 0.477 e. The van der Waals surface area contributed by atoms with Crippen LogP contribution in [0, 0.1) is 5.92 Å². The Bertz CT molecular complexity index is 631. The fourth-order valence-electron chi connectivity index (χ4n) is 2.35. The molecular weight excluding hydrogens is 334 g/mol. The number of carbonyl (C=O) groups is 2. The molecule has 142 valence electrons. The highest BCUT2D eigenvalue weighted by Crippen LogP contribution is 2.13. The Morgan fingerprint density at radius 1 is 1.31 bits per heavy atom. The number of aromatic carboxylic acids is 1. The van der Waals surface area contributed by atoms with Gasteiger partial charge in [-0.05, 0) is 31.6 Å². The van der Waals surface area contributed by atoms with Gasteiger partial charge in [-0.3, -0.25) is 4.79 Å². The molecule has 1 aromatic heterocycles. The number of allylic oxidation sites excluding steroid dienone is 1. The Kier molecular flexibility index (Phi) is 9.86. The molecule has 2 atom stereocenters. The van der Waals surface area contributed by atoms with E-state index in [-0.39, 0.29) is 23.3 Å². The first-order valence-corrected chi connectivity index (χ1v) is 8.62. The van der Waals surface area contributed by atoms with Gasteiger partial charge < -0.3 is 15.2 Å². The molecule has 0 radical (unpaired) electrons. The van der Waals surface area contributed by atoms with Gasteiger partial charge in [0.1, 0.15) is 12.0 Å². The third-order valence-corrected chi connectivity index (χ3v) is 3.98. The average Bonchev–Trinajstić information content (AvgIpc) is 2.65. The number of ether oxygens (including phenoxy) is 1. The highest BCUT2D eigenvalue weighted by molar-refractivity contribution is 5.95. The smallest absolute Gasteiger partial charge is 0.354 e. The average molecular weight is 361 g/mol. The van der Waals surface area contributed by atoms with Crippen LogP contribution >= 0.6 is 0 Å². The number of amides is 1. The van der Waals surface area contributed by atoms with Crippen LogP contribution in [0.4, 0.5) is 0 Å². The summed E-state index contributed by atoms with van der Waals surface area (Å²) in [5.74, 6) is -1.53. The van der Waals surface area contributed by atoms with E-state index >= 15 is 0 Å². The van der Waals surface area contributed by atoms with Crippen LogP contribution in [0.3, 0.4) is 0 Å². The minimum absolute atomic E-state index is 0.0399. The summed E-state index contributed by atoms with van der Waals surface area (Å²) in [6.07, 6.45) is 10.6. The van der Waals surface area contributed by atoms with Crippen LogP contribution in [-0.2, 0) is 4.74 Å². The predicted octanol–water partition coefficient (Wildman–Crippen LogP) is 2.86. The first kappa shape index (κ1) is 21.5. The molecule has 2 N–H and O–H groups in total. The maximum Gasteiger partial charge on any atom is 0.354 e. The van der Waals surface area contributed by atoms with Crippen molar-refractivity contribution in [3.63, 3.8) is 0 Å². The standard InChI is InChI=1S/C19H27N3O4/c1-4-14(2)15(10-8-6-5-7-9-11-26-3)22-18(23)16-12-17(19(24)25)21-13-20-16/h4-5,7,12-15H,1,6,8-11H2,2-3H3,(H,22,23)(H,24,25)/b7-5+. The Hall–Kier alpha value is -2.54. The van der Waals surface area contributed by atoms with E-state index in [1.165, 1.54) is 6.07 Å². The van der Waals surface area contributed by atoms with Crippen LogP contribution in [0.25, 0.3) is 0 Å². The number of methoxy groups -OCH3 is 1. The van der Waals surface area contributed by atoms with Gasteiger partial charge in [-0.25, -0.2) is 14.8 Å². The van der Waals surface area contributed by atoms with E-state index in [1.807, 2.05) is 6.92 Å². The fourth-order valence-corrected chi connectivity index (χ4v) is 2.35. The molecule has 0 fully saturated rings. The fraction of sp³-hybridized carbons (Fsp3) is 0.474. The van der Waals surface area contributed by atoms with Crippen LogP contribution in [0.5, 0.6) is 0 Å². The monoisotopic (exact) mass is 361 g/mol. The lowest BCUT2D eigenvalue weighted by atomic mass is 9.96. The quantitative estimate of drug-likeness (QED) is 0.438. The molecule has 0 aliphatic heterocycles. The molecule has 0 aromatic carbocycles. The zero-order chi connectivity index (χ0) is 19.4. The number of carboxylic acid groups (broad SMARTS) is 1. The third-order valence-electron chi connectivity index (χ3n) is 3.98. The van der Waals surface area contributed by atoms with Crippen molar-refractivity contribution in [2.24, 2.45) is 5.92 Å². The van der Waals surface area contributed by atoms with E-state index in [9.17, 15) is 9.59 Å². The van der Waals surface area contributed by atoms with Crippen molar-refractivity contribution < 1.29 is 19.4 Å². The van der Waals surface area contributed by atoms with E-state index in [0.717, 1.165) is 32.0 Å². The Labute approximate surface area is 154 Å². The third kappa shape index (κ3) is 7.57. The number of carbonyl (C=O) groups excluding carboxylic acids is 1. The van der Waals surface area contributed by atoms with Crippen molar-refractivity contribution in [2.75, 3.05) is 13.7 Å². The van der Waals surface area contributed by atoms with E-state index in [2.05, 4.69) is 34.0 Å².